The van der Waals surface area contributed by atoms with Crippen molar-refractivity contribution in [2.75, 3.05) is 6.54 Å². The number of carbonyl (C=O) groups is 1. The minimum absolute atomic E-state index is 0.0141. The summed E-state index contributed by atoms with van der Waals surface area (Å²) in [4.78, 5) is 12.3. The van der Waals surface area contributed by atoms with Crippen molar-refractivity contribution in [3.05, 3.63) is 47.3 Å². The lowest BCUT2D eigenvalue weighted by Gasteiger charge is -2.23. The Hall–Kier alpha value is -1.85. The summed E-state index contributed by atoms with van der Waals surface area (Å²) >= 11 is 1.55. The summed E-state index contributed by atoms with van der Waals surface area (Å²) in [7, 11) is 0. The first kappa shape index (κ1) is 13.8. The van der Waals surface area contributed by atoms with Gasteiger partial charge in [-0.15, -0.1) is 11.3 Å². The summed E-state index contributed by atoms with van der Waals surface area (Å²) in [6, 6.07) is 12.1. The molecule has 0 spiro atoms. The molecule has 22 heavy (non-hydrogen) atoms. The van der Waals surface area contributed by atoms with Gasteiger partial charge in [0.1, 0.15) is 5.75 Å². The molecule has 3 atom stereocenters. The molecule has 1 amide bonds. The average Bonchev–Trinajstić information content (AvgIpc) is 3.25. The standard InChI is InChI=1S/C17H18N2O2S/c20-17(19-15-9-13-8-12(15)10-18-13)11-3-5-14(6-4-11)21-16-2-1-7-22-16/h1-7,12-13,15,18H,8-10H2,(H,19,20). The minimum Gasteiger partial charge on any atom is -0.447 e. The minimum atomic E-state index is 0.0141. The van der Waals surface area contributed by atoms with Crippen molar-refractivity contribution in [2.24, 2.45) is 5.92 Å². The quantitative estimate of drug-likeness (QED) is 0.912. The zero-order valence-electron chi connectivity index (χ0n) is 12.1. The number of hydrogen-bond acceptors (Lipinski definition) is 4. The zero-order chi connectivity index (χ0) is 14.9. The summed E-state index contributed by atoms with van der Waals surface area (Å²) in [5, 5.41) is 9.46. The Balaban J connectivity index is 1.38. The monoisotopic (exact) mass is 314 g/mol. The molecule has 2 fully saturated rings. The molecule has 0 radical (unpaired) electrons. The maximum atomic E-state index is 12.3. The summed E-state index contributed by atoms with van der Waals surface area (Å²) in [5.74, 6) is 1.36. The van der Waals surface area contributed by atoms with Gasteiger partial charge >= 0.3 is 0 Å². The second-order valence-electron chi connectivity index (χ2n) is 5.98. The SMILES string of the molecule is O=C(NC1CC2CC1CN2)c1ccc(Oc2cccs2)cc1. The van der Waals surface area contributed by atoms with Crippen LogP contribution in [0.3, 0.4) is 0 Å². The van der Waals surface area contributed by atoms with Crippen molar-refractivity contribution in [2.45, 2.75) is 24.9 Å². The number of piperidine rings is 1. The lowest BCUT2D eigenvalue weighted by Crippen LogP contribution is -2.44. The van der Waals surface area contributed by atoms with Gasteiger partial charge in [-0.1, -0.05) is 0 Å². The molecule has 1 aliphatic carbocycles. The van der Waals surface area contributed by atoms with Gasteiger partial charge in [0, 0.05) is 24.2 Å². The first-order valence-corrected chi connectivity index (χ1v) is 8.51. The number of hydrogen-bond donors (Lipinski definition) is 2. The van der Waals surface area contributed by atoms with Gasteiger partial charge in [-0.05, 0) is 60.5 Å². The van der Waals surface area contributed by atoms with Crippen molar-refractivity contribution in [1.29, 1.82) is 0 Å². The fourth-order valence-corrected chi connectivity index (χ4v) is 3.97. The highest BCUT2D eigenvalue weighted by atomic mass is 32.1. The number of rotatable bonds is 4. The number of benzene rings is 1. The lowest BCUT2D eigenvalue weighted by molar-refractivity contribution is 0.0925. The van der Waals surface area contributed by atoms with Gasteiger partial charge in [0.15, 0.2) is 5.06 Å². The van der Waals surface area contributed by atoms with Gasteiger partial charge in [-0.25, -0.2) is 0 Å². The molecule has 2 aromatic rings. The first-order chi connectivity index (χ1) is 10.8. The summed E-state index contributed by atoms with van der Waals surface area (Å²) < 4.78 is 5.71. The van der Waals surface area contributed by atoms with Crippen LogP contribution in [-0.4, -0.2) is 24.5 Å². The number of thiophene rings is 1. The van der Waals surface area contributed by atoms with Crippen molar-refractivity contribution in [3.63, 3.8) is 0 Å². The molecular weight excluding hydrogens is 296 g/mol. The maximum absolute atomic E-state index is 12.3. The normalized spacial score (nSPS) is 26.1. The van der Waals surface area contributed by atoms with E-state index >= 15 is 0 Å². The third-order valence-corrected chi connectivity index (χ3v) is 5.25. The van der Waals surface area contributed by atoms with E-state index in [2.05, 4.69) is 10.6 Å². The molecule has 2 N–H and O–H groups in total. The topological polar surface area (TPSA) is 50.4 Å². The van der Waals surface area contributed by atoms with Gasteiger partial charge in [0.25, 0.3) is 5.91 Å². The predicted molar refractivity (Wildman–Crippen MR) is 86.6 cm³/mol. The molecular formula is C17H18N2O2S. The van der Waals surface area contributed by atoms with Crippen LogP contribution in [0.2, 0.25) is 0 Å². The van der Waals surface area contributed by atoms with Gasteiger partial charge < -0.3 is 15.4 Å². The van der Waals surface area contributed by atoms with E-state index in [-0.39, 0.29) is 5.91 Å². The highest BCUT2D eigenvalue weighted by Gasteiger charge is 2.39. The number of carbonyl (C=O) groups excluding carboxylic acids is 1. The fourth-order valence-electron chi connectivity index (χ4n) is 3.38. The van der Waals surface area contributed by atoms with Gasteiger partial charge in [-0.3, -0.25) is 4.79 Å². The van der Waals surface area contributed by atoms with Crippen molar-refractivity contribution in [1.82, 2.24) is 10.6 Å². The van der Waals surface area contributed by atoms with E-state index in [9.17, 15) is 4.79 Å². The van der Waals surface area contributed by atoms with Crippen LogP contribution in [-0.2, 0) is 0 Å². The molecule has 2 aliphatic rings. The molecule has 1 saturated heterocycles. The van der Waals surface area contributed by atoms with E-state index in [4.69, 9.17) is 4.74 Å². The van der Waals surface area contributed by atoms with Crippen LogP contribution in [0.5, 0.6) is 10.8 Å². The summed E-state index contributed by atoms with van der Waals surface area (Å²) in [6.45, 7) is 1.03. The molecule has 1 aromatic carbocycles. The van der Waals surface area contributed by atoms with E-state index in [1.807, 2.05) is 41.8 Å². The van der Waals surface area contributed by atoms with Gasteiger partial charge in [0.05, 0.1) is 0 Å². The van der Waals surface area contributed by atoms with Crippen LogP contribution in [0.4, 0.5) is 0 Å². The van der Waals surface area contributed by atoms with E-state index in [0.717, 1.165) is 23.8 Å². The number of fused-ring (bicyclic) bond motifs is 2. The van der Waals surface area contributed by atoms with Crippen LogP contribution in [0.15, 0.2) is 41.8 Å². The maximum Gasteiger partial charge on any atom is 0.251 e. The number of nitrogens with one attached hydrogen (secondary N) is 2. The van der Waals surface area contributed by atoms with E-state index in [1.165, 1.54) is 6.42 Å². The van der Waals surface area contributed by atoms with Gasteiger partial charge in [-0.2, -0.15) is 0 Å². The molecule has 1 aromatic heterocycles. The molecule has 5 heteroatoms. The van der Waals surface area contributed by atoms with Crippen molar-refractivity contribution in [3.8, 4) is 10.8 Å². The Morgan fingerprint density at radius 1 is 1.23 bits per heavy atom. The third-order valence-electron chi connectivity index (χ3n) is 4.51. The van der Waals surface area contributed by atoms with Crippen LogP contribution in [0, 0.1) is 5.92 Å². The van der Waals surface area contributed by atoms with Crippen LogP contribution < -0.4 is 15.4 Å². The van der Waals surface area contributed by atoms with E-state index < -0.39 is 0 Å². The molecule has 3 unspecified atom stereocenters. The van der Waals surface area contributed by atoms with Gasteiger partial charge in [0.2, 0.25) is 0 Å². The Kier molecular flexibility index (Phi) is 3.60. The molecule has 114 valence electrons. The van der Waals surface area contributed by atoms with E-state index in [0.29, 0.717) is 23.6 Å². The molecule has 2 heterocycles. The Bertz CT molecular complexity index is 654. The van der Waals surface area contributed by atoms with Crippen LogP contribution >= 0.6 is 11.3 Å². The van der Waals surface area contributed by atoms with Crippen LogP contribution in [0.1, 0.15) is 23.2 Å². The molecule has 4 nitrogen and oxygen atoms in total. The molecule has 1 aliphatic heterocycles. The Labute approximate surface area is 133 Å². The predicted octanol–water partition coefficient (Wildman–Crippen LogP) is 3.02. The Morgan fingerprint density at radius 2 is 2.09 bits per heavy atom. The van der Waals surface area contributed by atoms with Crippen LogP contribution in [0.25, 0.3) is 0 Å². The van der Waals surface area contributed by atoms with Crippen molar-refractivity contribution < 1.29 is 9.53 Å². The Morgan fingerprint density at radius 3 is 2.73 bits per heavy atom. The summed E-state index contributed by atoms with van der Waals surface area (Å²) in [5.41, 5.74) is 0.689. The number of ether oxygens (including phenoxy) is 1. The second kappa shape index (κ2) is 5.74. The fraction of sp³-hybridized carbons (Fsp3) is 0.353. The largest absolute Gasteiger partial charge is 0.447 e. The van der Waals surface area contributed by atoms with Crippen molar-refractivity contribution >= 4 is 17.2 Å². The average molecular weight is 314 g/mol. The number of amides is 1. The summed E-state index contributed by atoms with van der Waals surface area (Å²) in [6.07, 6.45) is 2.24. The second-order valence-corrected chi connectivity index (χ2v) is 6.89. The highest BCUT2D eigenvalue weighted by Crippen LogP contribution is 2.31. The lowest BCUT2D eigenvalue weighted by atomic mass is 10.0. The first-order valence-electron chi connectivity index (χ1n) is 7.63. The molecule has 1 saturated carbocycles. The smallest absolute Gasteiger partial charge is 0.251 e. The third kappa shape index (κ3) is 2.74. The molecule has 2 bridgehead atoms. The van der Waals surface area contributed by atoms with E-state index in [1.54, 1.807) is 11.3 Å². The molecule has 4 rings (SSSR count). The highest BCUT2D eigenvalue weighted by molar-refractivity contribution is 7.11. The zero-order valence-corrected chi connectivity index (χ0v) is 12.9.